The number of carbonyl (C=O) groups excluding carboxylic acids is 1. The second kappa shape index (κ2) is 5.76. The Kier molecular flexibility index (Phi) is 4.21. The monoisotopic (exact) mass is 313 g/mol. The Bertz CT molecular complexity index is 598. The van der Waals surface area contributed by atoms with Gasteiger partial charge in [-0.2, -0.15) is 0 Å². The van der Waals surface area contributed by atoms with Crippen molar-refractivity contribution in [1.82, 2.24) is 9.47 Å². The van der Waals surface area contributed by atoms with Crippen molar-refractivity contribution in [2.24, 2.45) is 0 Å². The van der Waals surface area contributed by atoms with Crippen molar-refractivity contribution < 1.29 is 19.6 Å². The summed E-state index contributed by atoms with van der Waals surface area (Å²) in [7, 11) is 0. The van der Waals surface area contributed by atoms with Crippen molar-refractivity contribution in [1.29, 1.82) is 0 Å². The molecule has 0 spiro atoms. The fourth-order valence-electron chi connectivity index (χ4n) is 2.16. The molecule has 8 nitrogen and oxygen atoms in total. The van der Waals surface area contributed by atoms with E-state index in [1.807, 2.05) is 0 Å². The van der Waals surface area contributed by atoms with Gasteiger partial charge in [0.2, 0.25) is 0 Å². The van der Waals surface area contributed by atoms with Crippen LogP contribution in [0.25, 0.3) is 0 Å². The summed E-state index contributed by atoms with van der Waals surface area (Å²) >= 11 is 1.35. The van der Waals surface area contributed by atoms with Crippen LogP contribution >= 0.6 is 11.8 Å². The molecule has 1 saturated heterocycles. The number of hydrogen-bond acceptors (Lipinski definition) is 5. The summed E-state index contributed by atoms with van der Waals surface area (Å²) in [6.07, 6.45) is 1.30. The molecule has 1 fully saturated rings. The quantitative estimate of drug-likeness (QED) is 0.668. The van der Waals surface area contributed by atoms with Gasteiger partial charge in [-0.25, -0.2) is 4.79 Å². The van der Waals surface area contributed by atoms with Crippen LogP contribution in [0.3, 0.4) is 0 Å². The lowest BCUT2D eigenvalue weighted by Crippen LogP contribution is -2.42. The van der Waals surface area contributed by atoms with Crippen molar-refractivity contribution in [2.45, 2.75) is 25.9 Å². The maximum atomic E-state index is 12.5. The molecule has 2 rings (SSSR count). The highest BCUT2D eigenvalue weighted by molar-refractivity contribution is 7.99. The number of aliphatic carboxylic acids is 1. The van der Waals surface area contributed by atoms with Gasteiger partial charge in [-0.3, -0.25) is 14.9 Å². The first-order valence-corrected chi connectivity index (χ1v) is 7.46. The first kappa shape index (κ1) is 15.4. The molecule has 0 aromatic carbocycles. The first-order valence-electron chi connectivity index (χ1n) is 6.30. The van der Waals surface area contributed by atoms with Crippen LogP contribution < -0.4 is 0 Å². The third-order valence-corrected chi connectivity index (χ3v) is 4.26. The lowest BCUT2D eigenvalue weighted by Gasteiger charge is -2.22. The number of carboxylic acids is 1. The van der Waals surface area contributed by atoms with E-state index in [0.29, 0.717) is 5.75 Å². The highest BCUT2D eigenvalue weighted by atomic mass is 32.2. The van der Waals surface area contributed by atoms with Gasteiger partial charge in [-0.05, 0) is 13.8 Å². The van der Waals surface area contributed by atoms with E-state index in [1.165, 1.54) is 33.5 Å². The number of rotatable bonds is 4. The van der Waals surface area contributed by atoms with E-state index in [0.717, 1.165) is 0 Å². The zero-order valence-electron chi connectivity index (χ0n) is 11.6. The standard InChI is InChI=1S/C12H15N3O5S/c1-7(2)13-4-8(15(19)20)3-9(13)11(16)14-6-21-5-10(14)12(17)18/h3-4,7,10H,5-6H2,1-2H3,(H,17,18). The van der Waals surface area contributed by atoms with Gasteiger partial charge in [0.15, 0.2) is 0 Å². The predicted octanol–water partition coefficient (Wildman–Crippen LogP) is 1.58. The van der Waals surface area contributed by atoms with E-state index >= 15 is 0 Å². The summed E-state index contributed by atoms with van der Waals surface area (Å²) in [6.45, 7) is 3.60. The minimum absolute atomic E-state index is 0.142. The molecule has 0 saturated carbocycles. The molecule has 0 aliphatic carbocycles. The third-order valence-electron chi connectivity index (χ3n) is 3.25. The molecule has 9 heteroatoms. The molecule has 0 radical (unpaired) electrons. The van der Waals surface area contributed by atoms with Gasteiger partial charge in [0, 0.05) is 17.9 Å². The van der Waals surface area contributed by atoms with Gasteiger partial charge in [0.1, 0.15) is 11.7 Å². The normalized spacial score (nSPS) is 18.2. The van der Waals surface area contributed by atoms with Crippen molar-refractivity contribution in [3.8, 4) is 0 Å². The Morgan fingerprint density at radius 1 is 1.52 bits per heavy atom. The molecule has 2 heterocycles. The van der Waals surface area contributed by atoms with Crippen LogP contribution in [0, 0.1) is 10.1 Å². The van der Waals surface area contributed by atoms with Crippen molar-refractivity contribution in [3.05, 3.63) is 28.1 Å². The van der Waals surface area contributed by atoms with E-state index in [2.05, 4.69) is 0 Å². The van der Waals surface area contributed by atoms with E-state index in [4.69, 9.17) is 5.11 Å². The Morgan fingerprint density at radius 2 is 2.19 bits per heavy atom. The number of carboxylic acid groups (broad SMARTS) is 1. The van der Waals surface area contributed by atoms with Crippen molar-refractivity contribution >= 4 is 29.3 Å². The SMILES string of the molecule is CC(C)n1cc([N+](=O)[O-])cc1C(=O)N1CSCC1C(=O)O. The fraction of sp³-hybridized carbons (Fsp3) is 0.500. The number of nitro groups is 1. The summed E-state index contributed by atoms with van der Waals surface area (Å²) in [5, 5.41) is 20.0. The Balaban J connectivity index is 2.38. The minimum atomic E-state index is -1.06. The Morgan fingerprint density at radius 3 is 2.71 bits per heavy atom. The molecule has 1 aliphatic rings. The molecule has 1 N–H and O–H groups in total. The van der Waals surface area contributed by atoms with Crippen LogP contribution in [0.4, 0.5) is 5.69 Å². The van der Waals surface area contributed by atoms with E-state index in [-0.39, 0.29) is 23.3 Å². The molecule has 1 aromatic heterocycles. The van der Waals surface area contributed by atoms with Crippen LogP contribution in [0.2, 0.25) is 0 Å². The summed E-state index contributed by atoms with van der Waals surface area (Å²) in [5.41, 5.74) is -0.0313. The second-order valence-corrected chi connectivity index (χ2v) is 5.97. The molecule has 21 heavy (non-hydrogen) atoms. The Hall–Kier alpha value is -2.03. The number of hydrogen-bond donors (Lipinski definition) is 1. The average molecular weight is 313 g/mol. The second-order valence-electron chi connectivity index (χ2n) is 4.97. The lowest BCUT2D eigenvalue weighted by molar-refractivity contribution is -0.384. The molecule has 1 aliphatic heterocycles. The zero-order valence-corrected chi connectivity index (χ0v) is 12.4. The Labute approximate surface area is 124 Å². The smallest absolute Gasteiger partial charge is 0.327 e. The maximum Gasteiger partial charge on any atom is 0.327 e. The topological polar surface area (TPSA) is 106 Å². The molecule has 114 valence electrons. The highest BCUT2D eigenvalue weighted by Gasteiger charge is 2.37. The molecule has 1 atom stereocenters. The maximum absolute atomic E-state index is 12.5. The van der Waals surface area contributed by atoms with Gasteiger partial charge in [-0.1, -0.05) is 0 Å². The number of nitrogens with zero attached hydrogens (tertiary/aromatic N) is 3. The van der Waals surface area contributed by atoms with Gasteiger partial charge in [-0.15, -0.1) is 11.8 Å². The zero-order chi connectivity index (χ0) is 15.7. The van der Waals surface area contributed by atoms with E-state index in [1.54, 1.807) is 13.8 Å². The molecule has 1 amide bonds. The van der Waals surface area contributed by atoms with Crippen molar-refractivity contribution in [2.75, 3.05) is 11.6 Å². The van der Waals surface area contributed by atoms with Crippen LogP contribution in [0.5, 0.6) is 0 Å². The molecular formula is C12H15N3O5S. The lowest BCUT2D eigenvalue weighted by atomic mass is 10.2. The molecule has 0 bridgehead atoms. The predicted molar refractivity (Wildman–Crippen MR) is 76.4 cm³/mol. The van der Waals surface area contributed by atoms with Crippen LogP contribution in [-0.2, 0) is 4.79 Å². The van der Waals surface area contributed by atoms with E-state index in [9.17, 15) is 19.7 Å². The summed E-state index contributed by atoms with van der Waals surface area (Å²) < 4.78 is 1.50. The number of carbonyl (C=O) groups is 2. The molecular weight excluding hydrogens is 298 g/mol. The van der Waals surface area contributed by atoms with Crippen LogP contribution in [0.15, 0.2) is 12.3 Å². The number of aromatic nitrogens is 1. The summed E-state index contributed by atoms with van der Waals surface area (Å²) in [5.74, 6) is -0.960. The third kappa shape index (κ3) is 2.87. The highest BCUT2D eigenvalue weighted by Crippen LogP contribution is 2.27. The van der Waals surface area contributed by atoms with Crippen LogP contribution in [0.1, 0.15) is 30.4 Å². The van der Waals surface area contributed by atoms with Crippen molar-refractivity contribution in [3.63, 3.8) is 0 Å². The summed E-state index contributed by atoms with van der Waals surface area (Å²) in [6, 6.07) is 0.165. The van der Waals surface area contributed by atoms with Gasteiger partial charge in [0.05, 0.1) is 17.0 Å². The first-order chi connectivity index (χ1) is 9.82. The van der Waals surface area contributed by atoms with Crippen LogP contribution in [-0.4, -0.2) is 49.0 Å². The van der Waals surface area contributed by atoms with Gasteiger partial charge < -0.3 is 14.6 Å². The minimum Gasteiger partial charge on any atom is -0.480 e. The van der Waals surface area contributed by atoms with Gasteiger partial charge >= 0.3 is 5.97 Å². The van der Waals surface area contributed by atoms with E-state index < -0.39 is 22.8 Å². The molecule has 1 aromatic rings. The molecule has 1 unspecified atom stereocenters. The number of amides is 1. The summed E-state index contributed by atoms with van der Waals surface area (Å²) in [4.78, 5) is 35.2. The fourth-order valence-corrected chi connectivity index (χ4v) is 3.30. The average Bonchev–Trinajstić information content (AvgIpc) is 3.04. The number of thioether (sulfide) groups is 1. The van der Waals surface area contributed by atoms with Gasteiger partial charge in [0.25, 0.3) is 11.6 Å². The largest absolute Gasteiger partial charge is 0.480 e.